The SMILES string of the molecule is NC1CCCCC1CC(=O)N1CCN(C(=O)c2cccs2)CC1. The van der Waals surface area contributed by atoms with Crippen molar-refractivity contribution < 1.29 is 9.59 Å². The molecular weight excluding hydrogens is 310 g/mol. The zero-order valence-corrected chi connectivity index (χ0v) is 14.3. The van der Waals surface area contributed by atoms with Crippen molar-refractivity contribution in [3.63, 3.8) is 0 Å². The van der Waals surface area contributed by atoms with Crippen LogP contribution in [0.25, 0.3) is 0 Å². The highest BCUT2D eigenvalue weighted by molar-refractivity contribution is 7.12. The largest absolute Gasteiger partial charge is 0.339 e. The number of piperazine rings is 1. The molecule has 1 aromatic rings. The van der Waals surface area contributed by atoms with Crippen LogP contribution >= 0.6 is 11.3 Å². The topological polar surface area (TPSA) is 66.6 Å². The Hall–Kier alpha value is -1.40. The fraction of sp³-hybridized carbons (Fsp3) is 0.647. The smallest absolute Gasteiger partial charge is 0.264 e. The molecule has 6 heteroatoms. The van der Waals surface area contributed by atoms with Crippen molar-refractivity contribution >= 4 is 23.2 Å². The second-order valence-electron chi connectivity index (χ2n) is 6.56. The zero-order chi connectivity index (χ0) is 16.2. The van der Waals surface area contributed by atoms with Gasteiger partial charge in [-0.3, -0.25) is 9.59 Å². The number of hydrogen-bond donors (Lipinski definition) is 1. The van der Waals surface area contributed by atoms with Gasteiger partial charge in [0.05, 0.1) is 4.88 Å². The molecule has 2 amide bonds. The average Bonchev–Trinajstić information content (AvgIpc) is 3.11. The number of carbonyl (C=O) groups excluding carboxylic acids is 2. The molecular formula is C17H25N3O2S. The van der Waals surface area contributed by atoms with E-state index >= 15 is 0 Å². The van der Waals surface area contributed by atoms with Gasteiger partial charge in [-0.15, -0.1) is 11.3 Å². The van der Waals surface area contributed by atoms with Crippen molar-refractivity contribution in [2.24, 2.45) is 11.7 Å². The van der Waals surface area contributed by atoms with Crippen LogP contribution in [0.15, 0.2) is 17.5 Å². The summed E-state index contributed by atoms with van der Waals surface area (Å²) in [4.78, 5) is 29.3. The second kappa shape index (κ2) is 7.45. The van der Waals surface area contributed by atoms with Crippen LogP contribution in [0.4, 0.5) is 0 Å². The fourth-order valence-corrected chi connectivity index (χ4v) is 4.25. The summed E-state index contributed by atoms with van der Waals surface area (Å²) in [6.07, 6.45) is 5.06. The van der Waals surface area contributed by atoms with Crippen molar-refractivity contribution in [3.05, 3.63) is 22.4 Å². The van der Waals surface area contributed by atoms with Gasteiger partial charge in [0.25, 0.3) is 5.91 Å². The molecule has 1 aromatic heterocycles. The number of amides is 2. The highest BCUT2D eigenvalue weighted by Gasteiger charge is 2.29. The molecule has 2 atom stereocenters. The van der Waals surface area contributed by atoms with Gasteiger partial charge in [0.2, 0.25) is 5.91 Å². The molecule has 1 aliphatic heterocycles. The van der Waals surface area contributed by atoms with Crippen LogP contribution in [0.2, 0.25) is 0 Å². The summed E-state index contributed by atoms with van der Waals surface area (Å²) in [7, 11) is 0. The number of hydrogen-bond acceptors (Lipinski definition) is 4. The molecule has 2 N–H and O–H groups in total. The molecule has 2 aliphatic rings. The van der Waals surface area contributed by atoms with Crippen LogP contribution in [0.3, 0.4) is 0 Å². The lowest BCUT2D eigenvalue weighted by molar-refractivity contribution is -0.134. The van der Waals surface area contributed by atoms with Gasteiger partial charge in [-0.2, -0.15) is 0 Å². The molecule has 2 heterocycles. The minimum atomic E-state index is 0.0846. The van der Waals surface area contributed by atoms with E-state index in [-0.39, 0.29) is 17.9 Å². The molecule has 0 radical (unpaired) electrons. The summed E-state index contributed by atoms with van der Waals surface area (Å²) >= 11 is 1.47. The highest BCUT2D eigenvalue weighted by Crippen LogP contribution is 2.26. The summed E-state index contributed by atoms with van der Waals surface area (Å²) in [5, 5.41) is 1.92. The second-order valence-corrected chi connectivity index (χ2v) is 7.51. The predicted molar refractivity (Wildman–Crippen MR) is 91.4 cm³/mol. The van der Waals surface area contributed by atoms with E-state index in [1.165, 1.54) is 24.2 Å². The van der Waals surface area contributed by atoms with E-state index in [2.05, 4.69) is 0 Å². The summed E-state index contributed by atoms with van der Waals surface area (Å²) in [6.45, 7) is 2.52. The maximum absolute atomic E-state index is 12.5. The van der Waals surface area contributed by atoms with Gasteiger partial charge in [-0.1, -0.05) is 18.9 Å². The van der Waals surface area contributed by atoms with E-state index in [1.54, 1.807) is 0 Å². The van der Waals surface area contributed by atoms with Crippen LogP contribution in [0.5, 0.6) is 0 Å². The minimum Gasteiger partial charge on any atom is -0.339 e. The van der Waals surface area contributed by atoms with Gasteiger partial charge in [0.1, 0.15) is 0 Å². The Bertz CT molecular complexity index is 538. The Morgan fingerprint density at radius 2 is 1.83 bits per heavy atom. The van der Waals surface area contributed by atoms with E-state index in [1.807, 2.05) is 27.3 Å². The summed E-state index contributed by atoms with van der Waals surface area (Å²) < 4.78 is 0. The van der Waals surface area contributed by atoms with E-state index in [0.29, 0.717) is 38.5 Å². The number of rotatable bonds is 3. The van der Waals surface area contributed by atoms with E-state index in [9.17, 15) is 9.59 Å². The molecule has 126 valence electrons. The molecule has 0 spiro atoms. The molecule has 0 bridgehead atoms. The third kappa shape index (κ3) is 3.93. The standard InChI is InChI=1S/C17H25N3O2S/c18-14-5-2-1-4-13(14)12-16(21)19-7-9-20(10-8-19)17(22)15-6-3-11-23-15/h3,6,11,13-14H,1-2,4-5,7-10,12,18H2. The molecule has 2 unspecified atom stereocenters. The Kier molecular flexibility index (Phi) is 5.33. The Balaban J connectivity index is 1.48. The molecule has 1 saturated carbocycles. The van der Waals surface area contributed by atoms with E-state index < -0.39 is 0 Å². The van der Waals surface area contributed by atoms with E-state index in [4.69, 9.17) is 5.73 Å². The van der Waals surface area contributed by atoms with Crippen molar-refractivity contribution in [1.82, 2.24) is 9.80 Å². The summed E-state index contributed by atoms with van der Waals surface area (Å²) in [6, 6.07) is 3.93. The molecule has 0 aromatic carbocycles. The monoisotopic (exact) mass is 335 g/mol. The highest BCUT2D eigenvalue weighted by atomic mass is 32.1. The lowest BCUT2D eigenvalue weighted by atomic mass is 9.82. The van der Waals surface area contributed by atoms with E-state index in [0.717, 1.165) is 17.7 Å². The number of nitrogens with two attached hydrogens (primary N) is 1. The van der Waals surface area contributed by atoms with Gasteiger partial charge in [-0.25, -0.2) is 0 Å². The van der Waals surface area contributed by atoms with Gasteiger partial charge in [0, 0.05) is 38.6 Å². The summed E-state index contributed by atoms with van der Waals surface area (Å²) in [5.74, 6) is 0.624. The molecule has 1 saturated heterocycles. The molecule has 3 rings (SSSR count). The third-order valence-electron chi connectivity index (χ3n) is 5.06. The predicted octanol–water partition coefficient (Wildman–Crippen LogP) is 1.94. The molecule has 2 fully saturated rings. The number of carbonyl (C=O) groups is 2. The Labute approximate surface area is 141 Å². The molecule has 23 heavy (non-hydrogen) atoms. The number of thiophene rings is 1. The van der Waals surface area contributed by atoms with Crippen molar-refractivity contribution in [2.45, 2.75) is 38.1 Å². The van der Waals surface area contributed by atoms with Crippen LogP contribution in [0, 0.1) is 5.92 Å². The van der Waals surface area contributed by atoms with Crippen LogP contribution in [-0.4, -0.2) is 53.8 Å². The maximum atomic E-state index is 12.5. The maximum Gasteiger partial charge on any atom is 0.264 e. The van der Waals surface area contributed by atoms with Crippen LogP contribution in [-0.2, 0) is 4.79 Å². The quantitative estimate of drug-likeness (QED) is 0.918. The van der Waals surface area contributed by atoms with Gasteiger partial charge < -0.3 is 15.5 Å². The van der Waals surface area contributed by atoms with Crippen molar-refractivity contribution in [1.29, 1.82) is 0 Å². The van der Waals surface area contributed by atoms with Gasteiger partial charge >= 0.3 is 0 Å². The van der Waals surface area contributed by atoms with Crippen LogP contribution < -0.4 is 5.73 Å². The van der Waals surface area contributed by atoms with Crippen molar-refractivity contribution in [3.8, 4) is 0 Å². The fourth-order valence-electron chi connectivity index (χ4n) is 3.56. The molecule has 5 nitrogen and oxygen atoms in total. The van der Waals surface area contributed by atoms with Crippen LogP contribution in [0.1, 0.15) is 41.8 Å². The first kappa shape index (κ1) is 16.5. The zero-order valence-electron chi connectivity index (χ0n) is 13.4. The first-order valence-corrected chi connectivity index (χ1v) is 9.39. The first-order chi connectivity index (χ1) is 11.1. The number of nitrogens with zero attached hydrogens (tertiary/aromatic N) is 2. The Morgan fingerprint density at radius 1 is 1.13 bits per heavy atom. The lowest BCUT2D eigenvalue weighted by Gasteiger charge is -2.36. The van der Waals surface area contributed by atoms with Crippen molar-refractivity contribution in [2.75, 3.05) is 26.2 Å². The Morgan fingerprint density at radius 3 is 2.48 bits per heavy atom. The average molecular weight is 335 g/mol. The third-order valence-corrected chi connectivity index (χ3v) is 5.91. The first-order valence-electron chi connectivity index (χ1n) is 8.51. The minimum absolute atomic E-state index is 0.0846. The normalized spacial score (nSPS) is 25.4. The summed E-state index contributed by atoms with van der Waals surface area (Å²) in [5.41, 5.74) is 6.15. The lowest BCUT2D eigenvalue weighted by Crippen LogP contribution is -2.51. The van der Waals surface area contributed by atoms with Gasteiger partial charge in [-0.05, 0) is 30.2 Å². The molecule has 1 aliphatic carbocycles. The van der Waals surface area contributed by atoms with Gasteiger partial charge in [0.15, 0.2) is 0 Å².